The summed E-state index contributed by atoms with van der Waals surface area (Å²) >= 11 is 0. The molecule has 0 aliphatic carbocycles. The molecule has 2 aliphatic heterocycles. The van der Waals surface area contributed by atoms with Gasteiger partial charge in [0.05, 0.1) is 25.4 Å². The SMILES string of the molecule is COC(=O)c1cc2c([C@H]3CCN(C)C3)cc(C3=CCCN(C(=O)CCn4ccnn4)C3)c(F)c2[nH]1. The number of nitrogens with zero attached hydrogens (tertiary/aromatic N) is 5. The fourth-order valence-corrected chi connectivity index (χ4v) is 5.14. The molecule has 3 aromatic rings. The predicted octanol–water partition coefficient (Wildman–Crippen LogP) is 2.81. The number of aromatic nitrogens is 4. The van der Waals surface area contributed by atoms with E-state index in [0.717, 1.165) is 30.6 Å². The first-order chi connectivity index (χ1) is 16.9. The van der Waals surface area contributed by atoms with E-state index in [0.29, 0.717) is 48.9 Å². The van der Waals surface area contributed by atoms with Crippen molar-refractivity contribution in [2.75, 3.05) is 40.3 Å². The van der Waals surface area contributed by atoms with Crippen molar-refractivity contribution in [1.29, 1.82) is 0 Å². The summed E-state index contributed by atoms with van der Waals surface area (Å²) in [5.74, 6) is -0.711. The Hall–Kier alpha value is -3.53. The number of likely N-dealkylation sites (N-methyl/N-ethyl adjacent to an activating group) is 1. The average Bonchev–Trinajstić information content (AvgIpc) is 3.64. The number of aryl methyl sites for hydroxylation is 1. The monoisotopic (exact) mass is 480 g/mol. The number of carbonyl (C=O) groups excluding carboxylic acids is 2. The molecule has 0 radical (unpaired) electrons. The summed E-state index contributed by atoms with van der Waals surface area (Å²) in [6.07, 6.45) is 7.23. The van der Waals surface area contributed by atoms with Crippen LogP contribution >= 0.6 is 0 Å². The van der Waals surface area contributed by atoms with Crippen molar-refractivity contribution < 1.29 is 18.7 Å². The molecule has 1 fully saturated rings. The third-order valence-corrected chi connectivity index (χ3v) is 7.00. The molecular formula is C25H29FN6O3. The molecule has 1 saturated heterocycles. The maximum Gasteiger partial charge on any atom is 0.354 e. The van der Waals surface area contributed by atoms with Gasteiger partial charge >= 0.3 is 5.97 Å². The van der Waals surface area contributed by atoms with Crippen LogP contribution in [0.3, 0.4) is 0 Å². The van der Waals surface area contributed by atoms with Gasteiger partial charge in [-0.15, -0.1) is 5.10 Å². The molecule has 10 heteroatoms. The Labute approximate surface area is 202 Å². The number of aromatic amines is 1. The lowest BCUT2D eigenvalue weighted by Crippen LogP contribution is -2.36. The standard InChI is InChI=1S/C25H29FN6O3/c1-30-9-5-17(14-30)18-12-19(23(26)24-20(18)13-21(28-24)25(34)35-2)16-4-3-8-31(15-16)22(33)6-10-32-11-7-27-29-32/h4,7,11-13,17,28H,3,5-6,8-10,14-15H2,1-2H3/t17-/m0/s1. The number of H-pyrrole nitrogens is 1. The fourth-order valence-electron chi connectivity index (χ4n) is 5.14. The summed E-state index contributed by atoms with van der Waals surface area (Å²) < 4.78 is 22.4. The molecule has 2 aliphatic rings. The maximum absolute atomic E-state index is 15.9. The molecule has 9 nitrogen and oxygen atoms in total. The first kappa shape index (κ1) is 23.2. The van der Waals surface area contributed by atoms with Crippen molar-refractivity contribution in [3.63, 3.8) is 0 Å². The molecule has 0 bridgehead atoms. The largest absolute Gasteiger partial charge is 0.464 e. The van der Waals surface area contributed by atoms with E-state index in [2.05, 4.69) is 27.2 Å². The number of esters is 1. The van der Waals surface area contributed by atoms with Crippen LogP contribution in [0.5, 0.6) is 0 Å². The molecule has 1 atom stereocenters. The normalized spacial score (nSPS) is 18.8. The number of carbonyl (C=O) groups is 2. The molecular weight excluding hydrogens is 451 g/mol. The molecule has 0 unspecified atom stereocenters. The summed E-state index contributed by atoms with van der Waals surface area (Å²) in [5.41, 5.74) is 2.82. The quantitative estimate of drug-likeness (QED) is 0.545. The first-order valence-corrected chi connectivity index (χ1v) is 11.9. The van der Waals surface area contributed by atoms with E-state index in [9.17, 15) is 9.59 Å². The molecule has 184 valence electrons. The van der Waals surface area contributed by atoms with E-state index in [-0.39, 0.29) is 17.5 Å². The Morgan fingerprint density at radius 1 is 1.29 bits per heavy atom. The van der Waals surface area contributed by atoms with Crippen molar-refractivity contribution in [3.05, 3.63) is 53.2 Å². The highest BCUT2D eigenvalue weighted by atomic mass is 19.1. The molecule has 4 heterocycles. The number of amides is 1. The van der Waals surface area contributed by atoms with Crippen molar-refractivity contribution in [1.82, 2.24) is 29.8 Å². The number of hydrogen-bond acceptors (Lipinski definition) is 6. The number of ether oxygens (including phenoxy) is 1. The summed E-state index contributed by atoms with van der Waals surface area (Å²) in [6.45, 7) is 3.22. The maximum atomic E-state index is 15.9. The van der Waals surface area contributed by atoms with Gasteiger partial charge in [0.2, 0.25) is 5.91 Å². The molecule has 1 amide bonds. The van der Waals surface area contributed by atoms with Crippen LogP contribution < -0.4 is 0 Å². The number of methoxy groups -OCH3 is 1. The molecule has 2 aromatic heterocycles. The van der Waals surface area contributed by atoms with E-state index >= 15 is 4.39 Å². The predicted molar refractivity (Wildman–Crippen MR) is 128 cm³/mol. The molecule has 35 heavy (non-hydrogen) atoms. The highest BCUT2D eigenvalue weighted by molar-refractivity contribution is 5.98. The van der Waals surface area contributed by atoms with Crippen molar-refractivity contribution in [2.24, 2.45) is 0 Å². The zero-order valence-corrected chi connectivity index (χ0v) is 20.0. The van der Waals surface area contributed by atoms with Crippen LogP contribution in [0, 0.1) is 5.82 Å². The van der Waals surface area contributed by atoms with Crippen LogP contribution in [-0.4, -0.2) is 82.0 Å². The van der Waals surface area contributed by atoms with Crippen LogP contribution in [0.15, 0.2) is 30.6 Å². The third kappa shape index (κ3) is 4.58. The second-order valence-electron chi connectivity index (χ2n) is 9.29. The summed E-state index contributed by atoms with van der Waals surface area (Å²) in [6, 6.07) is 3.61. The number of halogens is 1. The average molecular weight is 481 g/mol. The second kappa shape index (κ2) is 9.61. The lowest BCUT2D eigenvalue weighted by atomic mass is 9.89. The smallest absolute Gasteiger partial charge is 0.354 e. The first-order valence-electron chi connectivity index (χ1n) is 11.9. The van der Waals surface area contributed by atoms with Crippen molar-refractivity contribution in [2.45, 2.75) is 31.7 Å². The minimum atomic E-state index is -0.530. The van der Waals surface area contributed by atoms with Gasteiger partial charge in [-0.2, -0.15) is 0 Å². The zero-order valence-electron chi connectivity index (χ0n) is 20.0. The number of benzene rings is 1. The lowest BCUT2D eigenvalue weighted by Gasteiger charge is -2.28. The minimum absolute atomic E-state index is 0.00178. The number of fused-ring (bicyclic) bond motifs is 1. The minimum Gasteiger partial charge on any atom is -0.464 e. The van der Waals surface area contributed by atoms with Crippen LogP contribution in [0.2, 0.25) is 0 Å². The second-order valence-corrected chi connectivity index (χ2v) is 9.29. The molecule has 1 aromatic carbocycles. The Morgan fingerprint density at radius 2 is 2.14 bits per heavy atom. The van der Waals surface area contributed by atoms with Gasteiger partial charge in [-0.3, -0.25) is 9.48 Å². The number of nitrogens with one attached hydrogen (secondary N) is 1. The van der Waals surface area contributed by atoms with E-state index in [1.54, 1.807) is 28.0 Å². The number of hydrogen-bond donors (Lipinski definition) is 1. The van der Waals surface area contributed by atoms with Crippen molar-refractivity contribution in [3.8, 4) is 0 Å². The Morgan fingerprint density at radius 3 is 2.86 bits per heavy atom. The van der Waals surface area contributed by atoms with Crippen LogP contribution in [0.4, 0.5) is 4.39 Å². The molecule has 5 rings (SSSR count). The van der Waals surface area contributed by atoms with Gasteiger partial charge in [-0.1, -0.05) is 11.3 Å². The van der Waals surface area contributed by atoms with Gasteiger partial charge in [-0.25, -0.2) is 9.18 Å². The van der Waals surface area contributed by atoms with Gasteiger partial charge in [0, 0.05) is 43.2 Å². The zero-order chi connectivity index (χ0) is 24.5. The van der Waals surface area contributed by atoms with E-state index in [1.807, 2.05) is 12.1 Å². The van der Waals surface area contributed by atoms with Crippen LogP contribution in [-0.2, 0) is 16.1 Å². The summed E-state index contributed by atoms with van der Waals surface area (Å²) in [7, 11) is 3.38. The van der Waals surface area contributed by atoms with E-state index in [4.69, 9.17) is 4.74 Å². The van der Waals surface area contributed by atoms with Crippen molar-refractivity contribution >= 4 is 28.4 Å². The highest BCUT2D eigenvalue weighted by Crippen LogP contribution is 2.38. The molecule has 1 N–H and O–H groups in total. The fraction of sp³-hybridized carbons (Fsp3) is 0.440. The van der Waals surface area contributed by atoms with Gasteiger partial charge in [-0.05, 0) is 55.6 Å². The van der Waals surface area contributed by atoms with Gasteiger partial charge in [0.25, 0.3) is 0 Å². The van der Waals surface area contributed by atoms with Gasteiger partial charge in [0.1, 0.15) is 5.69 Å². The third-order valence-electron chi connectivity index (χ3n) is 7.00. The van der Waals surface area contributed by atoms with Gasteiger partial charge in [0.15, 0.2) is 5.82 Å². The van der Waals surface area contributed by atoms with E-state index < -0.39 is 11.8 Å². The molecule has 0 spiro atoms. The number of likely N-dealkylation sites (tertiary alicyclic amines) is 1. The summed E-state index contributed by atoms with van der Waals surface area (Å²) in [5, 5.41) is 8.38. The van der Waals surface area contributed by atoms with Crippen LogP contribution in [0.25, 0.3) is 16.5 Å². The topological polar surface area (TPSA) is 96.3 Å². The summed E-state index contributed by atoms with van der Waals surface area (Å²) in [4.78, 5) is 32.0. The highest BCUT2D eigenvalue weighted by Gasteiger charge is 2.29. The lowest BCUT2D eigenvalue weighted by molar-refractivity contribution is -0.131. The van der Waals surface area contributed by atoms with Gasteiger partial charge < -0.3 is 19.5 Å². The Balaban J connectivity index is 1.47. The van der Waals surface area contributed by atoms with Crippen LogP contribution in [0.1, 0.15) is 46.8 Å². The van der Waals surface area contributed by atoms with E-state index in [1.165, 1.54) is 7.11 Å². The number of rotatable bonds is 6. The Kier molecular flexibility index (Phi) is 6.38. The Bertz CT molecular complexity index is 1280. The molecule has 0 saturated carbocycles.